The van der Waals surface area contributed by atoms with Crippen molar-refractivity contribution in [3.05, 3.63) is 33.1 Å². The monoisotopic (exact) mass is 338 g/mol. The average Bonchev–Trinajstić information content (AvgIpc) is 2.43. The van der Waals surface area contributed by atoms with E-state index < -0.39 is 22.8 Å². The molecule has 0 aliphatic rings. The van der Waals surface area contributed by atoms with E-state index in [4.69, 9.17) is 11.6 Å². The van der Waals surface area contributed by atoms with Gasteiger partial charge in [-0.2, -0.15) is 0 Å². The molecule has 0 bridgehead atoms. The molecule has 7 heteroatoms. The second-order valence-corrected chi connectivity index (χ2v) is 6.33. The van der Waals surface area contributed by atoms with Gasteiger partial charge in [0.25, 0.3) is 5.91 Å². The molecule has 0 aliphatic heterocycles. The number of carbonyl (C=O) groups is 1. The van der Waals surface area contributed by atoms with E-state index in [-0.39, 0.29) is 28.1 Å². The van der Waals surface area contributed by atoms with E-state index in [2.05, 4.69) is 5.32 Å². The molecule has 0 fully saturated rings. The molecule has 1 aromatic carbocycles. The number of carbonyl (C=O) groups excluding carboxylic acids is 1. The van der Waals surface area contributed by atoms with Crippen molar-refractivity contribution in [2.45, 2.75) is 39.8 Å². The molecule has 2 aromatic rings. The van der Waals surface area contributed by atoms with Crippen molar-refractivity contribution >= 4 is 28.4 Å². The lowest BCUT2D eigenvalue weighted by atomic mass is 10.1. The molecule has 0 unspecified atom stereocenters. The topological polar surface area (TPSA) is 91.6 Å². The second kappa shape index (κ2) is 6.12. The summed E-state index contributed by atoms with van der Waals surface area (Å²) in [6.07, 6.45) is 1.44. The Morgan fingerprint density at radius 2 is 1.87 bits per heavy atom. The summed E-state index contributed by atoms with van der Waals surface area (Å²) in [7, 11) is 0. The third kappa shape index (κ3) is 2.99. The van der Waals surface area contributed by atoms with Gasteiger partial charge in [-0.1, -0.05) is 11.6 Å². The number of hydrogen-bond acceptors (Lipinski definition) is 4. The van der Waals surface area contributed by atoms with Crippen LogP contribution in [0.3, 0.4) is 0 Å². The van der Waals surface area contributed by atoms with Crippen molar-refractivity contribution in [2.24, 2.45) is 0 Å². The van der Waals surface area contributed by atoms with Gasteiger partial charge in [0, 0.05) is 24.3 Å². The van der Waals surface area contributed by atoms with E-state index in [0.29, 0.717) is 5.52 Å². The average molecular weight is 339 g/mol. The Hall–Kier alpha value is -2.21. The number of halogens is 1. The Kier molecular flexibility index (Phi) is 4.56. The molecule has 1 aromatic heterocycles. The van der Waals surface area contributed by atoms with Crippen LogP contribution < -0.4 is 10.7 Å². The van der Waals surface area contributed by atoms with Gasteiger partial charge in [-0.05, 0) is 27.7 Å². The minimum Gasteiger partial charge on any atom is -0.504 e. The first kappa shape index (κ1) is 17.1. The molecule has 2 rings (SSSR count). The Labute approximate surface area is 138 Å². The van der Waals surface area contributed by atoms with E-state index in [0.717, 1.165) is 0 Å². The number of pyridine rings is 1. The summed E-state index contributed by atoms with van der Waals surface area (Å²) in [6, 6.07) is 1.04. The summed E-state index contributed by atoms with van der Waals surface area (Å²) in [6.45, 7) is 7.31. The number of benzene rings is 1. The number of phenolic OH excluding ortho intramolecular Hbond substituents is 2. The Morgan fingerprint density at radius 3 is 2.39 bits per heavy atom. The summed E-state index contributed by atoms with van der Waals surface area (Å²) >= 11 is 6.04. The van der Waals surface area contributed by atoms with Crippen LogP contribution in [0.4, 0.5) is 0 Å². The molecule has 1 amide bonds. The molecule has 0 radical (unpaired) electrons. The first-order chi connectivity index (χ1) is 10.6. The van der Waals surface area contributed by atoms with E-state index >= 15 is 0 Å². The summed E-state index contributed by atoms with van der Waals surface area (Å²) in [5, 5.41) is 22.0. The van der Waals surface area contributed by atoms with Gasteiger partial charge in [-0.15, -0.1) is 0 Å². The Bertz CT molecular complexity index is 840. The predicted molar refractivity (Wildman–Crippen MR) is 89.5 cm³/mol. The van der Waals surface area contributed by atoms with Gasteiger partial charge in [0.2, 0.25) is 5.43 Å². The lowest BCUT2D eigenvalue weighted by Gasteiger charge is -2.18. The first-order valence-corrected chi connectivity index (χ1v) is 7.63. The zero-order valence-corrected chi connectivity index (χ0v) is 14.1. The zero-order valence-electron chi connectivity index (χ0n) is 13.3. The molecule has 124 valence electrons. The summed E-state index contributed by atoms with van der Waals surface area (Å²) in [4.78, 5) is 24.9. The van der Waals surface area contributed by atoms with Crippen LogP contribution in [-0.4, -0.2) is 26.7 Å². The quantitative estimate of drug-likeness (QED) is 0.750. The van der Waals surface area contributed by atoms with Crippen molar-refractivity contribution in [2.75, 3.05) is 0 Å². The van der Waals surface area contributed by atoms with Gasteiger partial charge in [0.05, 0.1) is 15.9 Å². The van der Waals surface area contributed by atoms with Crippen molar-refractivity contribution in [3.8, 4) is 11.5 Å². The highest BCUT2D eigenvalue weighted by Crippen LogP contribution is 2.38. The van der Waals surface area contributed by atoms with E-state index in [1.807, 2.05) is 13.8 Å². The molecule has 23 heavy (non-hydrogen) atoms. The standard InChI is InChI=1S/C16H19ClN2O4/c1-7(2)18-16(23)9-6-19(8(3)4)10-5-11(20)15(22)13(17)12(10)14(9)21/h5-8,20,22H,1-4H3,(H,18,23). The summed E-state index contributed by atoms with van der Waals surface area (Å²) in [5.74, 6) is -1.51. The molecule has 0 atom stereocenters. The third-order valence-corrected chi connectivity index (χ3v) is 3.81. The fourth-order valence-corrected chi connectivity index (χ4v) is 2.64. The van der Waals surface area contributed by atoms with Crippen molar-refractivity contribution in [3.63, 3.8) is 0 Å². The molecule has 0 saturated carbocycles. The Balaban J connectivity index is 2.90. The molecular formula is C16H19ClN2O4. The maximum Gasteiger partial charge on any atom is 0.256 e. The van der Waals surface area contributed by atoms with Crippen molar-refractivity contribution in [1.82, 2.24) is 9.88 Å². The highest BCUT2D eigenvalue weighted by molar-refractivity contribution is 6.37. The molecule has 3 N–H and O–H groups in total. The summed E-state index contributed by atoms with van der Waals surface area (Å²) in [5.41, 5.74) is -0.298. The molecule has 6 nitrogen and oxygen atoms in total. The van der Waals surface area contributed by atoms with Crippen LogP contribution in [0.25, 0.3) is 10.9 Å². The van der Waals surface area contributed by atoms with Crippen molar-refractivity contribution in [1.29, 1.82) is 0 Å². The van der Waals surface area contributed by atoms with E-state index in [1.165, 1.54) is 12.3 Å². The van der Waals surface area contributed by atoms with Gasteiger partial charge in [-0.3, -0.25) is 9.59 Å². The van der Waals surface area contributed by atoms with Gasteiger partial charge in [-0.25, -0.2) is 0 Å². The molecule has 0 saturated heterocycles. The van der Waals surface area contributed by atoms with Crippen LogP contribution in [0.5, 0.6) is 11.5 Å². The van der Waals surface area contributed by atoms with Crippen LogP contribution in [0.1, 0.15) is 44.1 Å². The normalized spacial score (nSPS) is 11.4. The fourth-order valence-electron chi connectivity index (χ4n) is 2.36. The summed E-state index contributed by atoms with van der Waals surface area (Å²) < 4.78 is 1.66. The molecule has 0 spiro atoms. The van der Waals surface area contributed by atoms with Crippen LogP contribution in [0.2, 0.25) is 5.02 Å². The van der Waals surface area contributed by atoms with E-state index in [1.54, 1.807) is 18.4 Å². The number of fused-ring (bicyclic) bond motifs is 1. The van der Waals surface area contributed by atoms with Gasteiger partial charge in [0.15, 0.2) is 11.5 Å². The second-order valence-electron chi connectivity index (χ2n) is 5.95. The lowest BCUT2D eigenvalue weighted by Crippen LogP contribution is -2.34. The van der Waals surface area contributed by atoms with Crippen LogP contribution in [0, 0.1) is 0 Å². The van der Waals surface area contributed by atoms with Crippen LogP contribution in [0.15, 0.2) is 17.1 Å². The van der Waals surface area contributed by atoms with Crippen molar-refractivity contribution < 1.29 is 15.0 Å². The zero-order chi connectivity index (χ0) is 17.5. The fraction of sp³-hybridized carbons (Fsp3) is 0.375. The number of amides is 1. The largest absolute Gasteiger partial charge is 0.504 e. The number of rotatable bonds is 3. The SMILES string of the molecule is CC(C)NC(=O)c1cn(C(C)C)c2cc(O)c(O)c(Cl)c2c1=O. The number of aromatic hydroxyl groups is 2. The minimum atomic E-state index is -0.588. The first-order valence-electron chi connectivity index (χ1n) is 7.25. The molecule has 0 aliphatic carbocycles. The maximum atomic E-state index is 12.7. The molecule has 1 heterocycles. The number of nitrogens with one attached hydrogen (secondary N) is 1. The highest BCUT2D eigenvalue weighted by atomic mass is 35.5. The maximum absolute atomic E-state index is 12.7. The number of nitrogens with zero attached hydrogens (tertiary/aromatic N) is 1. The highest BCUT2D eigenvalue weighted by Gasteiger charge is 2.22. The number of hydrogen-bond donors (Lipinski definition) is 3. The van der Waals surface area contributed by atoms with Gasteiger partial charge < -0.3 is 20.1 Å². The molecular weight excluding hydrogens is 320 g/mol. The number of phenols is 2. The van der Waals surface area contributed by atoms with Crippen LogP contribution >= 0.6 is 11.6 Å². The van der Waals surface area contributed by atoms with E-state index in [9.17, 15) is 19.8 Å². The number of aromatic nitrogens is 1. The predicted octanol–water partition coefficient (Wildman–Crippen LogP) is 2.79. The minimum absolute atomic E-state index is 0.00655. The Morgan fingerprint density at radius 1 is 1.26 bits per heavy atom. The third-order valence-electron chi connectivity index (χ3n) is 3.44. The van der Waals surface area contributed by atoms with Crippen LogP contribution in [-0.2, 0) is 0 Å². The lowest BCUT2D eigenvalue weighted by molar-refractivity contribution is 0.0941. The smallest absolute Gasteiger partial charge is 0.256 e. The van der Waals surface area contributed by atoms with Gasteiger partial charge in [0.1, 0.15) is 5.56 Å². The van der Waals surface area contributed by atoms with Gasteiger partial charge >= 0.3 is 0 Å².